The largest absolute Gasteiger partial charge is 0.441 e. The normalized spacial score (nSPS) is 15.6. The predicted octanol–water partition coefficient (Wildman–Crippen LogP) is 3.78. The zero-order valence-electron chi connectivity index (χ0n) is 13.9. The second-order valence-corrected chi connectivity index (χ2v) is 7.15. The van der Waals surface area contributed by atoms with Gasteiger partial charge in [-0.15, -0.1) is 0 Å². The van der Waals surface area contributed by atoms with Gasteiger partial charge in [-0.1, -0.05) is 23.2 Å². The first kappa shape index (κ1) is 18.2. The highest BCUT2D eigenvalue weighted by atomic mass is 35.5. The van der Waals surface area contributed by atoms with Crippen LogP contribution in [-0.4, -0.2) is 35.4 Å². The Morgan fingerprint density at radius 2 is 2.08 bits per heavy atom. The second kappa shape index (κ2) is 8.21. The van der Waals surface area contributed by atoms with Gasteiger partial charge in [0.25, 0.3) is 0 Å². The number of halogens is 2. The van der Waals surface area contributed by atoms with Crippen molar-refractivity contribution in [1.29, 1.82) is 0 Å². The van der Waals surface area contributed by atoms with E-state index in [4.69, 9.17) is 33.4 Å². The Morgan fingerprint density at radius 3 is 2.76 bits per heavy atom. The van der Waals surface area contributed by atoms with Crippen molar-refractivity contribution in [3.8, 4) is 11.3 Å². The molecule has 0 atom stereocenters. The number of carbonyl (C=O) groups is 1. The molecule has 3 rings (SSSR count). The van der Waals surface area contributed by atoms with Crippen molar-refractivity contribution in [3.63, 3.8) is 0 Å². The van der Waals surface area contributed by atoms with Crippen LogP contribution >= 0.6 is 23.2 Å². The quantitative estimate of drug-likeness (QED) is 0.854. The highest BCUT2D eigenvalue weighted by Gasteiger charge is 2.22. The molecular formula is C18H21Cl2N3O2. The van der Waals surface area contributed by atoms with Crippen molar-refractivity contribution >= 4 is 29.1 Å². The zero-order chi connectivity index (χ0) is 17.8. The number of hydrogen-bond acceptors (Lipinski definition) is 4. The van der Waals surface area contributed by atoms with Gasteiger partial charge in [-0.2, -0.15) is 0 Å². The summed E-state index contributed by atoms with van der Waals surface area (Å²) in [5, 5.41) is 1.08. The summed E-state index contributed by atoms with van der Waals surface area (Å²) in [5.41, 5.74) is 6.42. The fourth-order valence-corrected chi connectivity index (χ4v) is 3.53. The molecule has 25 heavy (non-hydrogen) atoms. The summed E-state index contributed by atoms with van der Waals surface area (Å²) >= 11 is 12.1. The molecule has 1 saturated heterocycles. The summed E-state index contributed by atoms with van der Waals surface area (Å²) in [5.74, 6) is 1.79. The average Bonchev–Trinajstić information content (AvgIpc) is 3.08. The molecule has 2 aromatic rings. The molecule has 0 unspecified atom stereocenters. The van der Waals surface area contributed by atoms with Crippen molar-refractivity contribution in [2.24, 2.45) is 11.7 Å². The van der Waals surface area contributed by atoms with Gasteiger partial charge < -0.3 is 15.1 Å². The first-order valence-electron chi connectivity index (χ1n) is 8.45. The summed E-state index contributed by atoms with van der Waals surface area (Å²) in [6.07, 6.45) is 4.46. The third-order valence-corrected chi connectivity index (χ3v) is 5.15. The molecule has 1 aromatic carbocycles. The van der Waals surface area contributed by atoms with E-state index in [0.717, 1.165) is 31.5 Å². The van der Waals surface area contributed by atoms with Crippen LogP contribution in [0, 0.1) is 5.92 Å². The molecule has 0 radical (unpaired) electrons. The number of aryl methyl sites for hydroxylation is 1. The molecule has 0 saturated carbocycles. The molecule has 0 aliphatic carbocycles. The van der Waals surface area contributed by atoms with Gasteiger partial charge in [0.05, 0.1) is 11.2 Å². The number of hydrogen-bond donors (Lipinski definition) is 1. The Morgan fingerprint density at radius 1 is 1.32 bits per heavy atom. The van der Waals surface area contributed by atoms with Crippen LogP contribution in [0.3, 0.4) is 0 Å². The molecule has 2 heterocycles. The van der Waals surface area contributed by atoms with Gasteiger partial charge in [0.1, 0.15) is 0 Å². The second-order valence-electron chi connectivity index (χ2n) is 6.30. The number of likely N-dealkylation sites (tertiary alicyclic amines) is 1. The van der Waals surface area contributed by atoms with Crippen LogP contribution in [0.5, 0.6) is 0 Å². The van der Waals surface area contributed by atoms with E-state index < -0.39 is 0 Å². The van der Waals surface area contributed by atoms with Crippen molar-refractivity contribution in [3.05, 3.63) is 40.3 Å². The van der Waals surface area contributed by atoms with Gasteiger partial charge in [0.15, 0.2) is 11.7 Å². The Hall–Kier alpha value is -1.56. The van der Waals surface area contributed by atoms with Crippen molar-refractivity contribution < 1.29 is 9.21 Å². The molecule has 0 spiro atoms. The minimum atomic E-state index is 0.139. The first-order chi connectivity index (χ1) is 12.1. The maximum absolute atomic E-state index is 12.3. The van der Waals surface area contributed by atoms with E-state index in [2.05, 4.69) is 4.98 Å². The average molecular weight is 382 g/mol. The number of oxazole rings is 1. The van der Waals surface area contributed by atoms with Crippen LogP contribution in [0.2, 0.25) is 10.0 Å². The maximum Gasteiger partial charge on any atom is 0.223 e. The number of nitrogens with two attached hydrogens (primary N) is 1. The van der Waals surface area contributed by atoms with E-state index >= 15 is 0 Å². The molecule has 7 heteroatoms. The van der Waals surface area contributed by atoms with E-state index in [-0.39, 0.29) is 5.91 Å². The highest BCUT2D eigenvalue weighted by Crippen LogP contribution is 2.31. The number of benzene rings is 1. The Balaban J connectivity index is 1.56. The summed E-state index contributed by atoms with van der Waals surface area (Å²) in [7, 11) is 0. The van der Waals surface area contributed by atoms with Crippen molar-refractivity contribution in [1.82, 2.24) is 9.88 Å². The molecule has 5 nitrogen and oxygen atoms in total. The summed E-state index contributed by atoms with van der Waals surface area (Å²) in [6, 6.07) is 5.20. The fraction of sp³-hybridized carbons (Fsp3) is 0.444. The number of carbonyl (C=O) groups excluding carboxylic acids is 1. The van der Waals surface area contributed by atoms with Crippen LogP contribution in [0.4, 0.5) is 0 Å². The Bertz CT molecular complexity index is 740. The lowest BCUT2D eigenvalue weighted by atomic mass is 9.97. The number of aromatic nitrogens is 1. The Kier molecular flexibility index (Phi) is 5.99. The zero-order valence-corrected chi connectivity index (χ0v) is 15.4. The molecule has 134 valence electrons. The number of amides is 1. The van der Waals surface area contributed by atoms with E-state index in [1.54, 1.807) is 24.4 Å². The monoisotopic (exact) mass is 381 g/mol. The van der Waals surface area contributed by atoms with E-state index in [1.807, 2.05) is 4.90 Å². The van der Waals surface area contributed by atoms with Gasteiger partial charge in [0, 0.05) is 36.5 Å². The lowest BCUT2D eigenvalue weighted by Crippen LogP contribution is -2.40. The van der Waals surface area contributed by atoms with Gasteiger partial charge in [0.2, 0.25) is 5.91 Å². The van der Waals surface area contributed by atoms with Gasteiger partial charge in [-0.05, 0) is 43.5 Å². The number of rotatable bonds is 5. The van der Waals surface area contributed by atoms with Crippen molar-refractivity contribution in [2.45, 2.75) is 25.7 Å². The van der Waals surface area contributed by atoms with E-state index in [1.165, 1.54) is 0 Å². The first-order valence-corrected chi connectivity index (χ1v) is 9.20. The van der Waals surface area contributed by atoms with Gasteiger partial charge in [-0.25, -0.2) is 4.98 Å². The predicted molar refractivity (Wildman–Crippen MR) is 98.6 cm³/mol. The topological polar surface area (TPSA) is 72.4 Å². The lowest BCUT2D eigenvalue weighted by molar-refractivity contribution is -0.132. The maximum atomic E-state index is 12.3. The molecule has 1 aromatic heterocycles. The van der Waals surface area contributed by atoms with Gasteiger partial charge in [-0.3, -0.25) is 4.79 Å². The molecule has 1 aliphatic heterocycles. The molecule has 1 amide bonds. The summed E-state index contributed by atoms with van der Waals surface area (Å²) in [4.78, 5) is 18.5. The van der Waals surface area contributed by atoms with Crippen LogP contribution in [0.25, 0.3) is 11.3 Å². The highest BCUT2D eigenvalue weighted by molar-refractivity contribution is 6.36. The van der Waals surface area contributed by atoms with Crippen molar-refractivity contribution in [2.75, 3.05) is 19.6 Å². The Labute approximate surface area is 157 Å². The molecule has 1 aliphatic rings. The van der Waals surface area contributed by atoms with E-state index in [9.17, 15) is 4.79 Å². The standard InChI is InChI=1S/C18H21Cl2N3O2/c19-13-1-2-14(15(20)9-13)16-11-22-17(25-16)3-4-18(24)23-7-5-12(10-21)6-8-23/h1-2,9,11-12H,3-8,10,21H2. The lowest BCUT2D eigenvalue weighted by Gasteiger charge is -2.31. The molecule has 1 fully saturated rings. The van der Waals surface area contributed by atoms with E-state index in [0.29, 0.717) is 47.0 Å². The van der Waals surface area contributed by atoms with Crippen LogP contribution in [-0.2, 0) is 11.2 Å². The SMILES string of the molecule is NCC1CCN(C(=O)CCc2ncc(-c3ccc(Cl)cc3Cl)o2)CC1. The van der Waals surface area contributed by atoms with Crippen LogP contribution < -0.4 is 5.73 Å². The smallest absolute Gasteiger partial charge is 0.223 e. The van der Waals surface area contributed by atoms with Crippen LogP contribution in [0.1, 0.15) is 25.2 Å². The third kappa shape index (κ3) is 4.54. The fourth-order valence-electron chi connectivity index (χ4n) is 3.03. The summed E-state index contributed by atoms with van der Waals surface area (Å²) < 4.78 is 5.74. The minimum Gasteiger partial charge on any atom is -0.441 e. The molecule has 0 bridgehead atoms. The van der Waals surface area contributed by atoms with Gasteiger partial charge >= 0.3 is 0 Å². The van der Waals surface area contributed by atoms with Crippen LogP contribution in [0.15, 0.2) is 28.8 Å². The molecule has 2 N–H and O–H groups in total. The number of piperidine rings is 1. The molecular weight excluding hydrogens is 361 g/mol. The third-order valence-electron chi connectivity index (χ3n) is 4.60. The minimum absolute atomic E-state index is 0.139. The number of nitrogens with zero attached hydrogens (tertiary/aromatic N) is 2. The summed E-state index contributed by atoms with van der Waals surface area (Å²) in [6.45, 7) is 2.28.